The normalized spacial score (nSPS) is 14.4. The van der Waals surface area contributed by atoms with Crippen molar-refractivity contribution in [2.24, 2.45) is 22.8 Å². The van der Waals surface area contributed by atoms with Crippen LogP contribution in [-0.2, 0) is 14.4 Å². The zero-order valence-corrected chi connectivity index (χ0v) is 12.3. The fourth-order valence-corrected chi connectivity index (χ4v) is 1.86. The molecular formula is C13H25N3O4. The Balaban J connectivity index is 4.64. The minimum atomic E-state index is -1.19. The summed E-state index contributed by atoms with van der Waals surface area (Å²) in [4.78, 5) is 33.8. The van der Waals surface area contributed by atoms with Gasteiger partial charge in [0.2, 0.25) is 11.8 Å². The molecule has 0 aliphatic rings. The second-order valence-electron chi connectivity index (χ2n) is 6.10. The largest absolute Gasteiger partial charge is 0.480 e. The minimum absolute atomic E-state index is 0.0246. The maximum absolute atomic E-state index is 12.0. The number of carbonyl (C=O) groups is 3. The molecule has 0 saturated carbocycles. The number of hydrogen-bond acceptors (Lipinski definition) is 4. The van der Waals surface area contributed by atoms with Gasteiger partial charge in [0.15, 0.2) is 0 Å². The number of nitrogens with one attached hydrogen (secondary N) is 1. The molecule has 7 heteroatoms. The number of aliphatic carboxylic acids is 1. The van der Waals surface area contributed by atoms with Gasteiger partial charge in [-0.3, -0.25) is 9.59 Å². The Morgan fingerprint density at radius 1 is 1.25 bits per heavy atom. The predicted molar refractivity (Wildman–Crippen MR) is 74.6 cm³/mol. The summed E-state index contributed by atoms with van der Waals surface area (Å²) >= 11 is 0. The first kappa shape index (κ1) is 18.4. The maximum atomic E-state index is 12.0. The molecule has 7 nitrogen and oxygen atoms in total. The predicted octanol–water partition coefficient (Wildman–Crippen LogP) is -0.168. The first-order valence-corrected chi connectivity index (χ1v) is 6.58. The number of carboxylic acid groups (broad SMARTS) is 1. The Hall–Kier alpha value is -1.63. The molecular weight excluding hydrogens is 262 g/mol. The quantitative estimate of drug-likeness (QED) is 0.491. The summed E-state index contributed by atoms with van der Waals surface area (Å²) in [6.45, 7) is 6.07. The average molecular weight is 287 g/mol. The standard InChI is InChI=1S/C13H25N3O4/c1-13(2,3)6-8(7-14)11(18)16-9(12(19)20)4-5-10(15)17/h8-9H,4-7,14H2,1-3H3,(H2,15,17)(H,16,18)(H,19,20)/t8?,9-/m1/s1. The Morgan fingerprint density at radius 2 is 1.80 bits per heavy atom. The van der Waals surface area contributed by atoms with E-state index in [0.717, 1.165) is 0 Å². The van der Waals surface area contributed by atoms with E-state index in [2.05, 4.69) is 5.32 Å². The van der Waals surface area contributed by atoms with E-state index in [-0.39, 0.29) is 24.8 Å². The molecule has 0 rings (SSSR count). The van der Waals surface area contributed by atoms with E-state index in [1.54, 1.807) is 0 Å². The monoisotopic (exact) mass is 287 g/mol. The molecule has 2 atom stereocenters. The Morgan fingerprint density at radius 3 is 2.15 bits per heavy atom. The molecule has 0 aliphatic carbocycles. The van der Waals surface area contributed by atoms with Crippen molar-refractivity contribution in [1.82, 2.24) is 5.32 Å². The Bertz CT molecular complexity index is 363. The van der Waals surface area contributed by atoms with Crippen LogP contribution < -0.4 is 16.8 Å². The van der Waals surface area contributed by atoms with Gasteiger partial charge in [-0.2, -0.15) is 0 Å². The number of carbonyl (C=O) groups excluding carboxylic acids is 2. The van der Waals surface area contributed by atoms with E-state index in [1.807, 2.05) is 20.8 Å². The maximum Gasteiger partial charge on any atom is 0.326 e. The molecule has 0 radical (unpaired) electrons. The summed E-state index contributed by atoms with van der Waals surface area (Å²) in [5.74, 6) is -2.65. The highest BCUT2D eigenvalue weighted by Crippen LogP contribution is 2.24. The van der Waals surface area contributed by atoms with Crippen LogP contribution in [0, 0.1) is 11.3 Å². The van der Waals surface area contributed by atoms with Crippen molar-refractivity contribution < 1.29 is 19.5 Å². The van der Waals surface area contributed by atoms with E-state index < -0.39 is 29.7 Å². The third-order valence-corrected chi connectivity index (χ3v) is 2.81. The lowest BCUT2D eigenvalue weighted by molar-refractivity contribution is -0.142. The van der Waals surface area contributed by atoms with Crippen molar-refractivity contribution >= 4 is 17.8 Å². The van der Waals surface area contributed by atoms with Crippen LogP contribution in [0.25, 0.3) is 0 Å². The van der Waals surface area contributed by atoms with E-state index in [4.69, 9.17) is 16.6 Å². The molecule has 2 amide bonds. The van der Waals surface area contributed by atoms with Gasteiger partial charge < -0.3 is 21.9 Å². The molecule has 0 heterocycles. The molecule has 0 saturated heterocycles. The number of rotatable bonds is 8. The van der Waals surface area contributed by atoms with Crippen molar-refractivity contribution in [2.75, 3.05) is 6.54 Å². The number of carboxylic acids is 1. The summed E-state index contributed by atoms with van der Waals surface area (Å²) in [5.41, 5.74) is 10.5. The summed E-state index contributed by atoms with van der Waals surface area (Å²) in [7, 11) is 0. The van der Waals surface area contributed by atoms with E-state index in [1.165, 1.54) is 0 Å². The van der Waals surface area contributed by atoms with Gasteiger partial charge in [0.1, 0.15) is 6.04 Å². The molecule has 0 aliphatic heterocycles. The van der Waals surface area contributed by atoms with Crippen LogP contribution in [0.3, 0.4) is 0 Å². The molecule has 0 spiro atoms. The lowest BCUT2D eigenvalue weighted by Gasteiger charge is -2.25. The Labute approximate surface area is 119 Å². The van der Waals surface area contributed by atoms with Crippen LogP contribution in [0.2, 0.25) is 0 Å². The van der Waals surface area contributed by atoms with Crippen LogP contribution >= 0.6 is 0 Å². The molecule has 0 fully saturated rings. The van der Waals surface area contributed by atoms with Crippen LogP contribution in [0.1, 0.15) is 40.0 Å². The van der Waals surface area contributed by atoms with Gasteiger partial charge in [-0.05, 0) is 18.3 Å². The summed E-state index contributed by atoms with van der Waals surface area (Å²) in [6, 6.07) is -1.12. The summed E-state index contributed by atoms with van der Waals surface area (Å²) < 4.78 is 0. The molecule has 116 valence electrons. The van der Waals surface area contributed by atoms with Gasteiger partial charge >= 0.3 is 5.97 Å². The first-order valence-electron chi connectivity index (χ1n) is 6.58. The highest BCUT2D eigenvalue weighted by atomic mass is 16.4. The summed E-state index contributed by atoms with van der Waals surface area (Å²) in [6.07, 6.45) is 0.435. The van der Waals surface area contributed by atoms with Crippen molar-refractivity contribution in [3.63, 3.8) is 0 Å². The van der Waals surface area contributed by atoms with Gasteiger partial charge in [-0.25, -0.2) is 4.79 Å². The Kier molecular flexibility index (Phi) is 7.20. The van der Waals surface area contributed by atoms with E-state index in [0.29, 0.717) is 6.42 Å². The van der Waals surface area contributed by atoms with Gasteiger partial charge in [-0.15, -0.1) is 0 Å². The smallest absolute Gasteiger partial charge is 0.326 e. The number of nitrogens with two attached hydrogens (primary N) is 2. The lowest BCUT2D eigenvalue weighted by atomic mass is 9.84. The van der Waals surface area contributed by atoms with Gasteiger partial charge in [0.05, 0.1) is 5.92 Å². The van der Waals surface area contributed by atoms with Gasteiger partial charge in [0.25, 0.3) is 0 Å². The van der Waals surface area contributed by atoms with Crippen LogP contribution in [0.5, 0.6) is 0 Å². The zero-order chi connectivity index (χ0) is 15.9. The van der Waals surface area contributed by atoms with Gasteiger partial charge in [-0.1, -0.05) is 20.8 Å². The molecule has 0 aromatic carbocycles. The third kappa shape index (κ3) is 7.73. The number of primary amides is 1. The molecule has 0 aromatic rings. The van der Waals surface area contributed by atoms with Crippen molar-refractivity contribution in [3.05, 3.63) is 0 Å². The van der Waals surface area contributed by atoms with Crippen molar-refractivity contribution in [3.8, 4) is 0 Å². The van der Waals surface area contributed by atoms with Crippen molar-refractivity contribution in [2.45, 2.75) is 46.1 Å². The highest BCUT2D eigenvalue weighted by molar-refractivity contribution is 5.85. The molecule has 1 unspecified atom stereocenters. The fraction of sp³-hybridized carbons (Fsp3) is 0.769. The lowest BCUT2D eigenvalue weighted by Crippen LogP contribution is -2.46. The second-order valence-corrected chi connectivity index (χ2v) is 6.10. The number of hydrogen-bond donors (Lipinski definition) is 4. The minimum Gasteiger partial charge on any atom is -0.480 e. The van der Waals surface area contributed by atoms with Crippen LogP contribution in [0.15, 0.2) is 0 Å². The molecule has 6 N–H and O–H groups in total. The number of amides is 2. The fourth-order valence-electron chi connectivity index (χ4n) is 1.86. The van der Waals surface area contributed by atoms with Crippen LogP contribution in [-0.4, -0.2) is 35.5 Å². The second kappa shape index (κ2) is 7.84. The SMILES string of the molecule is CC(C)(C)CC(CN)C(=O)N[C@H](CCC(N)=O)C(=O)O. The first-order chi connectivity index (χ1) is 9.06. The summed E-state index contributed by atoms with van der Waals surface area (Å²) in [5, 5.41) is 11.4. The topological polar surface area (TPSA) is 136 Å². The molecule has 0 bridgehead atoms. The third-order valence-electron chi connectivity index (χ3n) is 2.81. The average Bonchev–Trinajstić information content (AvgIpc) is 2.29. The molecule has 0 aromatic heterocycles. The van der Waals surface area contributed by atoms with Crippen LogP contribution in [0.4, 0.5) is 0 Å². The van der Waals surface area contributed by atoms with E-state index >= 15 is 0 Å². The zero-order valence-electron chi connectivity index (χ0n) is 12.3. The molecule has 20 heavy (non-hydrogen) atoms. The highest BCUT2D eigenvalue weighted by Gasteiger charge is 2.27. The van der Waals surface area contributed by atoms with Gasteiger partial charge in [0, 0.05) is 13.0 Å². The van der Waals surface area contributed by atoms with E-state index in [9.17, 15) is 14.4 Å². The van der Waals surface area contributed by atoms with Crippen molar-refractivity contribution in [1.29, 1.82) is 0 Å².